The molecule has 0 radical (unpaired) electrons. The lowest BCUT2D eigenvalue weighted by molar-refractivity contribution is -0.123. The van der Waals surface area contributed by atoms with Crippen LogP contribution in [0.3, 0.4) is 0 Å². The number of anilines is 3. The van der Waals surface area contributed by atoms with Gasteiger partial charge in [0.25, 0.3) is 0 Å². The lowest BCUT2D eigenvalue weighted by Crippen LogP contribution is -2.45. The molecular weight excluding hydrogens is 358 g/mol. The Kier molecular flexibility index (Phi) is 4.41. The van der Waals surface area contributed by atoms with E-state index in [4.69, 9.17) is 22.1 Å². The van der Waals surface area contributed by atoms with E-state index in [-0.39, 0.29) is 30.1 Å². The smallest absolute Gasteiger partial charge is 0.229 e. The normalized spacial score (nSPS) is 26.8. The number of amides is 1. The van der Waals surface area contributed by atoms with E-state index >= 15 is 0 Å². The topological polar surface area (TPSA) is 120 Å². The monoisotopic (exact) mass is 377 g/mol. The average molecular weight is 378 g/mol. The molecule has 0 saturated carbocycles. The number of carbonyl (C=O) groups excluding carboxylic acids is 1. The first kappa shape index (κ1) is 17.0. The Balaban J connectivity index is 1.54. The van der Waals surface area contributed by atoms with Crippen LogP contribution in [0.4, 0.5) is 17.5 Å². The quantitative estimate of drug-likeness (QED) is 0.698. The number of halogens is 1. The Morgan fingerprint density at radius 3 is 2.96 bits per heavy atom. The van der Waals surface area contributed by atoms with E-state index in [1.807, 2.05) is 13.1 Å². The maximum atomic E-state index is 11.8. The molecule has 1 amide bonds. The lowest BCUT2D eigenvalue weighted by Gasteiger charge is -2.27. The van der Waals surface area contributed by atoms with E-state index in [2.05, 4.69) is 25.7 Å². The molecule has 2 aromatic rings. The zero-order valence-electron chi connectivity index (χ0n) is 14.2. The molecule has 10 heteroatoms. The predicted molar refractivity (Wildman–Crippen MR) is 96.2 cm³/mol. The summed E-state index contributed by atoms with van der Waals surface area (Å²) >= 11 is 6.24. The number of primary amides is 1. The Morgan fingerprint density at radius 1 is 1.42 bits per heavy atom. The van der Waals surface area contributed by atoms with Gasteiger partial charge in [-0.2, -0.15) is 10.1 Å². The molecule has 2 fully saturated rings. The molecule has 4 rings (SSSR count). The Bertz CT molecular complexity index is 827. The first-order chi connectivity index (χ1) is 12.5. The third-order valence-electron chi connectivity index (χ3n) is 4.86. The number of ether oxygens (including phenoxy) is 1. The molecule has 138 valence electrons. The van der Waals surface area contributed by atoms with Gasteiger partial charge in [-0.15, -0.1) is 0 Å². The van der Waals surface area contributed by atoms with Gasteiger partial charge < -0.3 is 21.1 Å². The van der Waals surface area contributed by atoms with Gasteiger partial charge in [0.15, 0.2) is 5.82 Å². The summed E-state index contributed by atoms with van der Waals surface area (Å²) in [7, 11) is 0. The van der Waals surface area contributed by atoms with E-state index in [1.54, 1.807) is 10.9 Å². The first-order valence-electron chi connectivity index (χ1n) is 8.58. The third-order valence-corrected chi connectivity index (χ3v) is 5.14. The molecule has 26 heavy (non-hydrogen) atoms. The second-order valence-corrected chi connectivity index (χ2v) is 6.90. The molecule has 2 aromatic heterocycles. The number of rotatable bonds is 6. The molecule has 0 aromatic carbocycles. The van der Waals surface area contributed by atoms with Crippen LogP contribution in [0.15, 0.2) is 18.6 Å². The van der Waals surface area contributed by atoms with E-state index in [9.17, 15) is 4.79 Å². The highest BCUT2D eigenvalue weighted by molar-refractivity contribution is 6.32. The highest BCUT2D eigenvalue weighted by Gasteiger charge is 2.52. The van der Waals surface area contributed by atoms with Crippen molar-refractivity contribution in [2.75, 3.05) is 10.6 Å². The summed E-state index contributed by atoms with van der Waals surface area (Å²) in [5.74, 6) is 0.0656. The fraction of sp³-hybridized carbons (Fsp3) is 0.500. The van der Waals surface area contributed by atoms with Crippen LogP contribution in [0.2, 0.25) is 5.02 Å². The number of hydrogen-bond acceptors (Lipinski definition) is 7. The van der Waals surface area contributed by atoms with Crippen LogP contribution in [-0.4, -0.2) is 43.9 Å². The zero-order valence-corrected chi connectivity index (χ0v) is 15.0. The van der Waals surface area contributed by atoms with Crippen molar-refractivity contribution in [2.45, 2.75) is 44.6 Å². The molecule has 4 heterocycles. The number of aromatic nitrogens is 4. The molecule has 4 atom stereocenters. The first-order valence-corrected chi connectivity index (χ1v) is 8.96. The van der Waals surface area contributed by atoms with Crippen molar-refractivity contribution < 1.29 is 9.53 Å². The molecule has 2 aliphatic heterocycles. The van der Waals surface area contributed by atoms with E-state index < -0.39 is 0 Å². The Hall–Kier alpha value is -2.39. The summed E-state index contributed by atoms with van der Waals surface area (Å²) < 4.78 is 7.63. The minimum absolute atomic E-state index is 0.0669. The Morgan fingerprint density at radius 2 is 2.23 bits per heavy atom. The van der Waals surface area contributed by atoms with E-state index in [0.29, 0.717) is 16.8 Å². The largest absolute Gasteiger partial charge is 0.372 e. The molecule has 4 N–H and O–H groups in total. The number of fused-ring (bicyclic) bond motifs is 2. The number of nitrogens with zero attached hydrogens (tertiary/aromatic N) is 4. The summed E-state index contributed by atoms with van der Waals surface area (Å²) in [4.78, 5) is 20.5. The molecular formula is C16H20ClN7O2. The summed E-state index contributed by atoms with van der Waals surface area (Å²) in [5.41, 5.74) is 6.34. The standard InChI is InChI=1S/C16H20ClN7O2/c1-2-24-7-8(5-20-24)21-16-19-6-9(17)15(23-16)22-13-11-4-3-10(26-11)12(13)14(18)25/h5-7,10-13H,2-4H2,1H3,(H2,18,25)(H2,19,21,22,23)/t10-,11+,12-,13+/m1/s1. The number of nitrogens with two attached hydrogens (primary N) is 1. The van der Waals surface area contributed by atoms with Gasteiger partial charge in [-0.1, -0.05) is 11.6 Å². The molecule has 0 aliphatic carbocycles. The van der Waals surface area contributed by atoms with Gasteiger partial charge in [-0.25, -0.2) is 4.98 Å². The number of hydrogen-bond donors (Lipinski definition) is 3. The highest BCUT2D eigenvalue weighted by atomic mass is 35.5. The van der Waals surface area contributed by atoms with Crippen LogP contribution in [0.25, 0.3) is 0 Å². The molecule has 9 nitrogen and oxygen atoms in total. The van der Waals surface area contributed by atoms with Crippen LogP contribution >= 0.6 is 11.6 Å². The van der Waals surface area contributed by atoms with Crippen molar-refractivity contribution in [2.24, 2.45) is 11.7 Å². The van der Waals surface area contributed by atoms with Gasteiger partial charge in [0, 0.05) is 12.7 Å². The van der Waals surface area contributed by atoms with Crippen LogP contribution in [0.1, 0.15) is 19.8 Å². The zero-order chi connectivity index (χ0) is 18.3. The number of aryl methyl sites for hydroxylation is 1. The van der Waals surface area contributed by atoms with Crippen LogP contribution in [0.5, 0.6) is 0 Å². The minimum atomic E-state index is -0.390. The van der Waals surface area contributed by atoms with Crippen molar-refractivity contribution in [1.29, 1.82) is 0 Å². The van der Waals surface area contributed by atoms with Crippen molar-refractivity contribution in [3.63, 3.8) is 0 Å². The maximum absolute atomic E-state index is 11.8. The summed E-state index contributed by atoms with van der Waals surface area (Å²) in [6.07, 6.45) is 6.60. The maximum Gasteiger partial charge on any atom is 0.229 e. The van der Waals surface area contributed by atoms with Gasteiger partial charge in [-0.3, -0.25) is 9.48 Å². The summed E-state index contributed by atoms with van der Waals surface area (Å²) in [5, 5.41) is 10.9. The average Bonchev–Trinajstić information content (AvgIpc) is 3.33. The summed E-state index contributed by atoms with van der Waals surface area (Å²) in [6.45, 7) is 2.78. The SMILES string of the molecule is CCn1cc(Nc2ncc(Cl)c(N[C@@H]3[C@H](C(N)=O)[C@H]4CC[C@@H]3O4)n2)cn1. The third kappa shape index (κ3) is 3.08. The van der Waals surface area contributed by atoms with Gasteiger partial charge in [0.05, 0.1) is 42.2 Å². The fourth-order valence-corrected chi connectivity index (χ4v) is 3.79. The van der Waals surface area contributed by atoms with Crippen LogP contribution in [0, 0.1) is 5.92 Å². The van der Waals surface area contributed by atoms with Crippen LogP contribution < -0.4 is 16.4 Å². The van der Waals surface area contributed by atoms with E-state index in [1.165, 1.54) is 6.20 Å². The minimum Gasteiger partial charge on any atom is -0.372 e. The molecule has 2 saturated heterocycles. The number of nitrogens with one attached hydrogen (secondary N) is 2. The molecule has 0 spiro atoms. The van der Waals surface area contributed by atoms with Crippen molar-refractivity contribution >= 4 is 35.0 Å². The van der Waals surface area contributed by atoms with Crippen molar-refractivity contribution in [3.8, 4) is 0 Å². The molecule has 2 bridgehead atoms. The Labute approximate surface area is 155 Å². The van der Waals surface area contributed by atoms with Gasteiger partial charge in [0.2, 0.25) is 11.9 Å². The predicted octanol–water partition coefficient (Wildman–Crippen LogP) is 1.53. The highest BCUT2D eigenvalue weighted by Crippen LogP contribution is 2.41. The van der Waals surface area contributed by atoms with Crippen molar-refractivity contribution in [3.05, 3.63) is 23.6 Å². The van der Waals surface area contributed by atoms with Gasteiger partial charge >= 0.3 is 0 Å². The lowest BCUT2D eigenvalue weighted by atomic mass is 9.84. The second kappa shape index (κ2) is 6.73. The fourth-order valence-electron chi connectivity index (χ4n) is 3.64. The van der Waals surface area contributed by atoms with Gasteiger partial charge in [0.1, 0.15) is 5.02 Å². The van der Waals surface area contributed by atoms with E-state index in [0.717, 1.165) is 25.1 Å². The molecule has 2 aliphatic rings. The summed E-state index contributed by atoms with van der Waals surface area (Å²) in [6, 6.07) is -0.241. The van der Waals surface area contributed by atoms with Gasteiger partial charge in [-0.05, 0) is 19.8 Å². The molecule has 0 unspecified atom stereocenters. The van der Waals surface area contributed by atoms with Crippen LogP contribution in [-0.2, 0) is 16.1 Å². The number of carbonyl (C=O) groups is 1. The van der Waals surface area contributed by atoms with Crippen molar-refractivity contribution in [1.82, 2.24) is 19.7 Å². The second-order valence-electron chi connectivity index (χ2n) is 6.49.